The number of hydrogen-bond acceptors (Lipinski definition) is 0. The average Bonchev–Trinajstić information content (AvgIpc) is 3.44. The minimum atomic E-state index is -4.48. The van der Waals surface area contributed by atoms with Crippen molar-refractivity contribution in [1.82, 2.24) is 0 Å². The molecule has 0 saturated heterocycles. The van der Waals surface area contributed by atoms with Crippen LogP contribution in [0.25, 0.3) is 0 Å². The molecular formula is C33H26F6P2. The van der Waals surface area contributed by atoms with E-state index in [4.69, 9.17) is 0 Å². The van der Waals surface area contributed by atoms with Gasteiger partial charge in [0.1, 0.15) is 0 Å². The van der Waals surface area contributed by atoms with Gasteiger partial charge in [-0.1, -0.05) is 110 Å². The second kappa shape index (κ2) is 12.0. The van der Waals surface area contributed by atoms with Crippen molar-refractivity contribution in [1.29, 1.82) is 0 Å². The van der Waals surface area contributed by atoms with Crippen molar-refractivity contribution in [2.75, 3.05) is 0 Å². The van der Waals surface area contributed by atoms with Crippen LogP contribution in [-0.2, 0) is 12.4 Å². The molecule has 1 aliphatic carbocycles. The lowest BCUT2D eigenvalue weighted by Gasteiger charge is -2.34. The number of benzene rings is 4. The van der Waals surface area contributed by atoms with Gasteiger partial charge in [0.05, 0.1) is 11.1 Å². The molecule has 4 aromatic carbocycles. The smallest absolute Gasteiger partial charge is 0.166 e. The Morgan fingerprint density at radius 1 is 0.561 bits per heavy atom. The predicted molar refractivity (Wildman–Crippen MR) is 158 cm³/mol. The molecular weight excluding hydrogens is 572 g/mol. The van der Waals surface area contributed by atoms with Crippen LogP contribution in [0.15, 0.2) is 133 Å². The second-order valence-corrected chi connectivity index (χ2v) is 14.5. The maximum Gasteiger partial charge on any atom is 0.416 e. The summed E-state index contributed by atoms with van der Waals surface area (Å²) in [5.41, 5.74) is -1.42. The summed E-state index contributed by atoms with van der Waals surface area (Å²) < 4.78 is 80.2. The van der Waals surface area contributed by atoms with Crippen LogP contribution in [0.1, 0.15) is 18.1 Å². The van der Waals surface area contributed by atoms with E-state index in [1.54, 1.807) is 0 Å². The summed E-state index contributed by atoms with van der Waals surface area (Å²) in [6.07, 6.45) is -2.90. The van der Waals surface area contributed by atoms with Gasteiger partial charge in [0.25, 0.3) is 0 Å². The molecule has 2 atom stereocenters. The second-order valence-electron chi connectivity index (χ2n) is 9.71. The van der Waals surface area contributed by atoms with Crippen LogP contribution >= 0.6 is 15.8 Å². The van der Waals surface area contributed by atoms with Gasteiger partial charge in [-0.15, -0.1) is 0 Å². The quantitative estimate of drug-likeness (QED) is 0.147. The fourth-order valence-corrected chi connectivity index (χ4v) is 10.7. The van der Waals surface area contributed by atoms with E-state index in [1.807, 2.05) is 48.6 Å². The Hall–Kier alpha value is -3.20. The third-order valence-electron chi connectivity index (χ3n) is 7.09. The van der Waals surface area contributed by atoms with E-state index >= 15 is 0 Å². The van der Waals surface area contributed by atoms with Gasteiger partial charge < -0.3 is 0 Å². The zero-order chi connectivity index (χ0) is 29.2. The Morgan fingerprint density at radius 2 is 0.976 bits per heavy atom. The molecule has 4 aromatic rings. The molecule has 2 unspecified atom stereocenters. The highest BCUT2D eigenvalue weighted by atomic mass is 31.1. The molecule has 0 spiro atoms. The van der Waals surface area contributed by atoms with E-state index in [0.717, 1.165) is 29.6 Å². The van der Waals surface area contributed by atoms with Gasteiger partial charge in [0, 0.05) is 5.92 Å². The summed E-state index contributed by atoms with van der Waals surface area (Å²) in [4.78, 5) is 0. The van der Waals surface area contributed by atoms with Crippen molar-refractivity contribution >= 4 is 37.1 Å². The number of allylic oxidation sites excluding steroid dienone is 4. The predicted octanol–water partition coefficient (Wildman–Crippen LogP) is 8.75. The van der Waals surface area contributed by atoms with Crippen molar-refractivity contribution in [3.63, 3.8) is 0 Å². The first-order valence-corrected chi connectivity index (χ1v) is 15.7. The summed E-state index contributed by atoms with van der Waals surface area (Å²) in [5, 5.41) is 4.72. The zero-order valence-electron chi connectivity index (χ0n) is 21.9. The van der Waals surface area contributed by atoms with Crippen LogP contribution in [-0.4, -0.2) is 5.66 Å². The zero-order valence-corrected chi connectivity index (χ0v) is 23.7. The molecule has 0 saturated carbocycles. The molecule has 5 rings (SSSR count). The van der Waals surface area contributed by atoms with E-state index in [1.165, 1.54) is 34.9 Å². The van der Waals surface area contributed by atoms with Gasteiger partial charge in [0.15, 0.2) is 0 Å². The highest BCUT2D eigenvalue weighted by Crippen LogP contribution is 2.55. The first-order valence-electron chi connectivity index (χ1n) is 13.0. The number of alkyl halides is 6. The Bertz CT molecular complexity index is 1410. The maximum absolute atomic E-state index is 13.4. The molecule has 0 bridgehead atoms. The van der Waals surface area contributed by atoms with E-state index in [2.05, 4.69) is 37.3 Å². The van der Waals surface area contributed by atoms with Crippen LogP contribution < -0.4 is 21.2 Å². The fourth-order valence-electron chi connectivity index (χ4n) is 5.12. The summed E-state index contributed by atoms with van der Waals surface area (Å²) in [7, 11) is -2.24. The highest BCUT2D eigenvalue weighted by molar-refractivity contribution is 7.77. The van der Waals surface area contributed by atoms with Gasteiger partial charge in [-0.05, 0) is 72.3 Å². The minimum Gasteiger partial charge on any atom is -0.166 e. The molecule has 0 aliphatic heterocycles. The maximum atomic E-state index is 13.4. The molecule has 0 radical (unpaired) electrons. The molecule has 0 heterocycles. The van der Waals surface area contributed by atoms with E-state index in [0.29, 0.717) is 10.6 Å². The van der Waals surface area contributed by atoms with E-state index < -0.39 is 39.3 Å². The molecule has 1 aliphatic rings. The van der Waals surface area contributed by atoms with Gasteiger partial charge in [-0.3, -0.25) is 0 Å². The van der Waals surface area contributed by atoms with Crippen LogP contribution in [0.2, 0.25) is 0 Å². The van der Waals surface area contributed by atoms with Crippen molar-refractivity contribution < 1.29 is 26.3 Å². The lowest BCUT2D eigenvalue weighted by Crippen LogP contribution is -2.27. The van der Waals surface area contributed by atoms with E-state index in [9.17, 15) is 26.3 Å². The van der Waals surface area contributed by atoms with Gasteiger partial charge >= 0.3 is 12.4 Å². The van der Waals surface area contributed by atoms with Crippen LogP contribution in [0.5, 0.6) is 0 Å². The first kappa shape index (κ1) is 29.3. The molecule has 0 amide bonds. The van der Waals surface area contributed by atoms with Crippen molar-refractivity contribution in [2.45, 2.75) is 24.9 Å². The SMILES string of the molecule is CC(C1C=CC=C1P(c1ccc(C(F)(F)F)cc1)c1ccc(C(F)(F)F)cc1)P(c1ccccc1)c1ccccc1. The molecule has 8 heteroatoms. The molecule has 41 heavy (non-hydrogen) atoms. The van der Waals surface area contributed by atoms with Crippen LogP contribution in [0.3, 0.4) is 0 Å². The highest BCUT2D eigenvalue weighted by Gasteiger charge is 2.36. The van der Waals surface area contributed by atoms with Crippen molar-refractivity contribution in [3.05, 3.63) is 144 Å². The van der Waals surface area contributed by atoms with Gasteiger partial charge in [-0.2, -0.15) is 26.3 Å². The van der Waals surface area contributed by atoms with Crippen LogP contribution in [0.4, 0.5) is 26.3 Å². The molecule has 0 nitrogen and oxygen atoms in total. The van der Waals surface area contributed by atoms with Gasteiger partial charge in [0.2, 0.25) is 0 Å². The topological polar surface area (TPSA) is 0 Å². The monoisotopic (exact) mass is 598 g/mol. The third-order valence-corrected chi connectivity index (χ3v) is 12.5. The van der Waals surface area contributed by atoms with Crippen LogP contribution in [0, 0.1) is 5.92 Å². The summed E-state index contributed by atoms with van der Waals surface area (Å²) in [6, 6.07) is 30.5. The number of hydrogen-bond donors (Lipinski definition) is 0. The molecule has 0 aromatic heterocycles. The Morgan fingerprint density at radius 3 is 1.37 bits per heavy atom. The van der Waals surface area contributed by atoms with Gasteiger partial charge in [-0.25, -0.2) is 0 Å². The average molecular weight is 599 g/mol. The molecule has 210 valence electrons. The first-order chi connectivity index (χ1) is 19.5. The van der Waals surface area contributed by atoms with Crippen molar-refractivity contribution in [3.8, 4) is 0 Å². The largest absolute Gasteiger partial charge is 0.416 e. The lowest BCUT2D eigenvalue weighted by molar-refractivity contribution is -0.138. The standard InChI is InChI=1S/C33H26F6P2/c1-23(40(26-9-4-2-5-10-26)27-11-6-3-7-12-27)30-13-8-14-31(30)41(28-19-15-24(16-20-28)32(34,35)36)29-21-17-25(18-22-29)33(37,38)39/h2-23,30H,1H3. The van der Waals surface area contributed by atoms with E-state index in [-0.39, 0.29) is 11.6 Å². The summed E-state index contributed by atoms with van der Waals surface area (Å²) in [5.74, 6) is -0.0581. The van der Waals surface area contributed by atoms with Crippen molar-refractivity contribution in [2.24, 2.45) is 5.92 Å². The number of halogens is 6. The third kappa shape index (κ3) is 6.50. The normalized spacial score (nSPS) is 16.3. The Balaban J connectivity index is 1.58. The Labute approximate surface area is 237 Å². The molecule has 0 fully saturated rings. The molecule has 0 N–H and O–H groups in total. The lowest BCUT2D eigenvalue weighted by atomic mass is 10.1. The Kier molecular flexibility index (Phi) is 8.55. The summed E-state index contributed by atoms with van der Waals surface area (Å²) in [6.45, 7) is 2.19. The minimum absolute atomic E-state index is 0.0581. The fraction of sp³-hybridized carbons (Fsp3) is 0.152. The summed E-state index contributed by atoms with van der Waals surface area (Å²) >= 11 is 0. The number of rotatable bonds is 7.